The number of nitrogens with zero attached hydrogens (tertiary/aromatic N) is 2. The van der Waals surface area contributed by atoms with Gasteiger partial charge >= 0.3 is 6.18 Å². The second-order valence-corrected chi connectivity index (χ2v) is 6.59. The maximum atomic E-state index is 12.5. The number of ether oxygens (including phenoxy) is 1. The first-order valence-corrected chi connectivity index (χ1v) is 8.14. The molecule has 0 unspecified atom stereocenters. The van der Waals surface area contributed by atoms with Crippen LogP contribution >= 0.6 is 22.9 Å². The SMILES string of the molecule is CO/C(=C\C(=O)C(F)(F)F)[n+]1cccc(C)c1NCc1cnc(Cl)s1. The van der Waals surface area contributed by atoms with Crippen LogP contribution in [0.2, 0.25) is 4.47 Å². The summed E-state index contributed by atoms with van der Waals surface area (Å²) in [5.74, 6) is -1.77. The van der Waals surface area contributed by atoms with Crippen molar-refractivity contribution < 1.29 is 27.3 Å². The van der Waals surface area contributed by atoms with Crippen LogP contribution in [0.5, 0.6) is 0 Å². The molecule has 0 aliphatic carbocycles. The Morgan fingerprint density at radius 3 is 2.80 bits per heavy atom. The molecular formula is C15H14ClF3N3O2S+. The third-order valence-corrected chi connectivity index (χ3v) is 4.25. The molecular weight excluding hydrogens is 379 g/mol. The molecule has 5 nitrogen and oxygen atoms in total. The van der Waals surface area contributed by atoms with E-state index in [1.165, 1.54) is 29.2 Å². The molecule has 0 aliphatic rings. The Kier molecular flexibility index (Phi) is 6.02. The van der Waals surface area contributed by atoms with Crippen LogP contribution in [0.25, 0.3) is 5.88 Å². The summed E-state index contributed by atoms with van der Waals surface area (Å²) in [6, 6.07) is 3.41. The number of aromatic nitrogens is 2. The zero-order valence-electron chi connectivity index (χ0n) is 13.2. The lowest BCUT2D eigenvalue weighted by atomic mass is 10.2. The zero-order valence-corrected chi connectivity index (χ0v) is 14.8. The number of alkyl halides is 3. The Morgan fingerprint density at radius 1 is 1.52 bits per heavy atom. The van der Waals surface area contributed by atoms with Crippen LogP contribution in [0, 0.1) is 6.92 Å². The zero-order chi connectivity index (χ0) is 18.6. The number of anilines is 1. The van der Waals surface area contributed by atoms with Gasteiger partial charge in [0.1, 0.15) is 6.54 Å². The molecule has 134 valence electrons. The van der Waals surface area contributed by atoms with E-state index in [-0.39, 0.29) is 5.88 Å². The number of aryl methyl sites for hydroxylation is 1. The number of thiazole rings is 1. The second-order valence-electron chi connectivity index (χ2n) is 4.89. The summed E-state index contributed by atoms with van der Waals surface area (Å²) in [5, 5.41) is 3.10. The van der Waals surface area contributed by atoms with Crippen molar-refractivity contribution in [2.75, 3.05) is 12.4 Å². The van der Waals surface area contributed by atoms with Gasteiger partial charge in [0.25, 0.3) is 17.5 Å². The highest BCUT2D eigenvalue weighted by Gasteiger charge is 2.38. The summed E-state index contributed by atoms with van der Waals surface area (Å²) in [7, 11) is 1.19. The van der Waals surface area contributed by atoms with E-state index in [0.717, 1.165) is 10.4 Å². The topological polar surface area (TPSA) is 55.1 Å². The number of carbonyl (C=O) groups is 1. The predicted molar refractivity (Wildman–Crippen MR) is 88.2 cm³/mol. The summed E-state index contributed by atoms with van der Waals surface area (Å²) in [5.41, 5.74) is 0.750. The molecule has 0 bridgehead atoms. The Morgan fingerprint density at radius 2 is 2.24 bits per heavy atom. The van der Waals surface area contributed by atoms with Crippen molar-refractivity contribution in [3.8, 4) is 0 Å². The molecule has 0 saturated carbocycles. The van der Waals surface area contributed by atoms with Crippen LogP contribution in [0.3, 0.4) is 0 Å². The van der Waals surface area contributed by atoms with Crippen LogP contribution in [0.1, 0.15) is 10.4 Å². The largest absolute Gasteiger partial charge is 0.465 e. The van der Waals surface area contributed by atoms with Crippen molar-refractivity contribution in [3.63, 3.8) is 0 Å². The van der Waals surface area contributed by atoms with Crippen LogP contribution < -0.4 is 9.88 Å². The average Bonchev–Trinajstić information content (AvgIpc) is 2.95. The van der Waals surface area contributed by atoms with E-state index in [0.29, 0.717) is 22.9 Å². The van der Waals surface area contributed by atoms with E-state index in [9.17, 15) is 18.0 Å². The lowest BCUT2D eigenvalue weighted by molar-refractivity contribution is -0.586. The quantitative estimate of drug-likeness (QED) is 0.464. The molecule has 2 heterocycles. The third-order valence-electron chi connectivity index (χ3n) is 3.13. The van der Waals surface area contributed by atoms with Gasteiger partial charge in [-0.15, -0.1) is 11.3 Å². The van der Waals surface area contributed by atoms with Crippen molar-refractivity contribution in [2.24, 2.45) is 0 Å². The van der Waals surface area contributed by atoms with E-state index >= 15 is 0 Å². The summed E-state index contributed by atoms with van der Waals surface area (Å²) >= 11 is 7.06. The van der Waals surface area contributed by atoms with Crippen molar-refractivity contribution in [1.29, 1.82) is 0 Å². The number of halogens is 4. The fourth-order valence-electron chi connectivity index (χ4n) is 1.98. The minimum Gasteiger partial charge on any atom is -0.465 e. The standard InChI is InChI=1S/C15H13ClF3N3O2S/c1-9-4-3-5-22(12(24-2)6-11(23)15(17,18)19)13(9)20-7-10-8-21-14(16)25-10/h3-6,8H,7H2,1-2H3/p+1/b12-6-. The van der Waals surface area contributed by atoms with E-state index in [2.05, 4.69) is 10.3 Å². The highest BCUT2D eigenvalue weighted by atomic mass is 35.5. The number of rotatable bonds is 6. The molecule has 0 atom stereocenters. The van der Waals surface area contributed by atoms with E-state index in [4.69, 9.17) is 16.3 Å². The summed E-state index contributed by atoms with van der Waals surface area (Å²) in [4.78, 5) is 16.0. The number of carbonyl (C=O) groups excluding carboxylic acids is 1. The van der Waals surface area contributed by atoms with Gasteiger partial charge in [-0.05, 0) is 19.1 Å². The fraction of sp³-hybridized carbons (Fsp3) is 0.267. The number of nitrogens with one attached hydrogen (secondary N) is 1. The Bertz CT molecular complexity index is 806. The first-order valence-electron chi connectivity index (χ1n) is 6.95. The van der Waals surface area contributed by atoms with E-state index < -0.39 is 12.0 Å². The van der Waals surface area contributed by atoms with Crippen molar-refractivity contribution in [1.82, 2.24) is 4.98 Å². The second kappa shape index (κ2) is 7.83. The highest BCUT2D eigenvalue weighted by Crippen LogP contribution is 2.21. The Hall–Kier alpha value is -2.13. The fourth-order valence-corrected chi connectivity index (χ4v) is 2.90. The minimum absolute atomic E-state index is 0.254. The van der Waals surface area contributed by atoms with Crippen LogP contribution in [-0.4, -0.2) is 24.1 Å². The van der Waals surface area contributed by atoms with Gasteiger partial charge in [0.05, 0.1) is 24.3 Å². The van der Waals surface area contributed by atoms with Gasteiger partial charge in [0.2, 0.25) is 0 Å². The molecule has 2 aromatic rings. The molecule has 0 aromatic carbocycles. The monoisotopic (exact) mass is 392 g/mol. The molecule has 1 N–H and O–H groups in total. The van der Waals surface area contributed by atoms with Crippen LogP contribution in [-0.2, 0) is 16.1 Å². The normalized spacial score (nSPS) is 12.2. The summed E-state index contributed by atoms with van der Waals surface area (Å²) in [6.07, 6.45) is -1.47. The van der Waals surface area contributed by atoms with Crippen molar-refractivity contribution >= 4 is 40.4 Å². The number of hydrogen-bond donors (Lipinski definition) is 1. The summed E-state index contributed by atoms with van der Waals surface area (Å²) in [6.45, 7) is 2.14. The number of hydrogen-bond acceptors (Lipinski definition) is 5. The van der Waals surface area contributed by atoms with Gasteiger partial charge < -0.3 is 4.74 Å². The highest BCUT2D eigenvalue weighted by molar-refractivity contribution is 7.15. The molecule has 2 rings (SSSR count). The maximum Gasteiger partial charge on any atom is 0.454 e. The first kappa shape index (κ1) is 19.2. The molecule has 0 saturated heterocycles. The molecule has 0 radical (unpaired) electrons. The Balaban J connectivity index is 2.35. The third kappa shape index (κ3) is 4.93. The number of allylic oxidation sites excluding steroid dienone is 1. The predicted octanol–water partition coefficient (Wildman–Crippen LogP) is 3.58. The molecule has 10 heteroatoms. The smallest absolute Gasteiger partial charge is 0.454 e. The van der Waals surface area contributed by atoms with Gasteiger partial charge in [0.15, 0.2) is 4.47 Å². The molecule has 0 fully saturated rings. The number of methoxy groups -OCH3 is 1. The summed E-state index contributed by atoms with van der Waals surface area (Å²) < 4.78 is 44.3. The average molecular weight is 393 g/mol. The van der Waals surface area contributed by atoms with E-state index in [1.807, 2.05) is 0 Å². The van der Waals surface area contributed by atoms with Gasteiger partial charge in [0, 0.05) is 11.8 Å². The molecule has 25 heavy (non-hydrogen) atoms. The number of ketones is 1. The molecule has 0 amide bonds. The van der Waals surface area contributed by atoms with Crippen LogP contribution in [0.4, 0.5) is 19.0 Å². The van der Waals surface area contributed by atoms with Crippen molar-refractivity contribution in [2.45, 2.75) is 19.6 Å². The van der Waals surface area contributed by atoms with Gasteiger partial charge in [-0.3, -0.25) is 10.1 Å². The van der Waals surface area contributed by atoms with Gasteiger partial charge in [-0.2, -0.15) is 17.7 Å². The Labute approximate surface area is 150 Å². The molecule has 2 aromatic heterocycles. The lowest BCUT2D eigenvalue weighted by Crippen LogP contribution is -2.38. The minimum atomic E-state index is -4.97. The van der Waals surface area contributed by atoms with E-state index in [1.54, 1.807) is 25.3 Å². The van der Waals surface area contributed by atoms with Crippen LogP contribution in [0.15, 0.2) is 30.6 Å². The first-order chi connectivity index (χ1) is 11.7. The maximum absolute atomic E-state index is 12.5. The van der Waals surface area contributed by atoms with Gasteiger partial charge in [-0.1, -0.05) is 11.6 Å². The molecule has 0 aliphatic heterocycles. The lowest BCUT2D eigenvalue weighted by Gasteiger charge is -2.11. The number of pyridine rings is 1. The molecule has 0 spiro atoms. The van der Waals surface area contributed by atoms with Crippen molar-refractivity contribution in [3.05, 3.63) is 45.5 Å². The van der Waals surface area contributed by atoms with Gasteiger partial charge in [-0.25, -0.2) is 4.98 Å².